The molecule has 0 saturated carbocycles. The number of nitrogens with zero attached hydrogens (tertiary/aromatic N) is 5. The van der Waals surface area contributed by atoms with Gasteiger partial charge in [0.05, 0.1) is 52.2 Å². The SMILES string of the molecule is CC(=O)c1ccc2c(c1)CCN2S(=O)(=O)c1ccccc1.CCc1cc2c(cc1[N+](=O)[O-])NCC2.CCc1ccc2c(c1)CCN2.CCc1ccc2c(c1)CCN2S(=O)(=O)c1ccccc1.ClCCl.ClCCl.O=NO[O-].O=S(=O)(Cl)c1ccccc1.O=S(=O)(O)O.O=S(=O)(c1ccccc1)N1CCc2ccccc21.[B].[H-].[K+].[Na+].[O]=[Mn]=[O].c1ccc2c(c1)CCN2. The number of anilines is 6. The standard InChI is InChI=1S/C16H15NO3S.C16H17NO2S.C14H13NO2S.C10H12N2O2.C10H13N.C8H9N.C6H5ClO2S.2CH2Cl2.B.K.Mn.HNO3.Na.H2O4S.2O.H/c1-12(18)13-7-8-16-14(11-13)9-10-17(16)21(19,20)15-5-3-2-4-6-15;1-2-13-8-9-16-14(12-13)10-11-17(16)20(18,19)15-6-4-3-5-7-15;16-18(17,13-7-2-1-3-8-13)15-11-10-12-6-4-5-9-14(12)15;1-2-7-5-8-3-4-11-9(8)6-10(7)12(13)14;1-2-8-3-4-10-9(7-8)5-6-11-10;1-2-4-8-7(3-1)5-6-9-8;7-10(8,9)6-4-2-1-3-5-6;2*2-1-3;;;;2-1-4-3;;1-5(2,3)4;;;/h2-8,11H,9-10H2,1H3;3-9,12H,2,10-11H2,1H3;1-9H,10-11H2;5-6,11H,2-4H2,1H3;3-4,7,11H,2,5-6H2,1H3;1-4,9H,5-6H2;1-5H;2*1H2;;;;3H;;(H2,1,2,3,4);;;/q;;;;;;;;;;+1;;;+1;;;;-1/p-1. The normalized spacial score (nSPS) is 12.6. The number of sulfonamides is 3. The molecule has 0 amide bonds. The molecule has 656 valence electrons. The summed E-state index contributed by atoms with van der Waals surface area (Å²) in [5.41, 5.74) is 17.5. The number of benzene rings is 10. The number of fused-ring (bicyclic) bond motifs is 6. The van der Waals surface area contributed by atoms with Gasteiger partial charge in [-0.2, -0.15) is 8.42 Å². The molecular weight excluding hydrogens is 1880 g/mol. The van der Waals surface area contributed by atoms with E-state index in [0.29, 0.717) is 53.5 Å². The molecule has 0 unspecified atom stereocenters. The second kappa shape index (κ2) is 58.0. The molecule has 10 aromatic rings. The minimum atomic E-state index is -4.67. The van der Waals surface area contributed by atoms with Crippen LogP contribution in [0.2, 0.25) is 0 Å². The van der Waals surface area contributed by atoms with Crippen LogP contribution in [-0.2, 0) is 135 Å². The van der Waals surface area contributed by atoms with Gasteiger partial charge in [0.1, 0.15) is 5.34 Å². The predicted molar refractivity (Wildman–Crippen MR) is 476 cm³/mol. The molecule has 0 aliphatic carbocycles. The fourth-order valence-electron chi connectivity index (χ4n) is 12.7. The average molecular weight is 1970 g/mol. The van der Waals surface area contributed by atoms with Crippen molar-refractivity contribution in [2.75, 3.05) is 78.8 Å². The summed E-state index contributed by atoms with van der Waals surface area (Å²) in [6.07, 6.45) is 8.38. The summed E-state index contributed by atoms with van der Waals surface area (Å²) in [5, 5.41) is 30.7. The van der Waals surface area contributed by atoms with Crippen molar-refractivity contribution in [2.24, 2.45) is 5.34 Å². The molecule has 0 atom stereocenters. The van der Waals surface area contributed by atoms with Crippen molar-refractivity contribution in [3.63, 3.8) is 0 Å². The Morgan fingerprint density at radius 3 is 1.18 bits per heavy atom. The first-order valence-corrected chi connectivity index (χ1v) is 48.0. The summed E-state index contributed by atoms with van der Waals surface area (Å²) in [7, 11) is -13.6. The van der Waals surface area contributed by atoms with E-state index in [-0.39, 0.29) is 128 Å². The number of ketones is 1. The van der Waals surface area contributed by atoms with Crippen LogP contribution in [0.25, 0.3) is 0 Å². The number of Topliss-reactive ketones (excluding diaryl/α,β-unsaturated/α-hetero) is 1. The Bertz CT molecular complexity index is 5660. The van der Waals surface area contributed by atoms with E-state index < -0.39 is 64.3 Å². The van der Waals surface area contributed by atoms with Gasteiger partial charge in [0.25, 0.3) is 44.8 Å². The summed E-state index contributed by atoms with van der Waals surface area (Å²) in [6, 6.07) is 71.2. The summed E-state index contributed by atoms with van der Waals surface area (Å²) < 4.78 is 150. The van der Waals surface area contributed by atoms with Crippen molar-refractivity contribution in [1.82, 2.24) is 0 Å². The number of carbonyl (C=O) groups excluding carboxylic acids is 1. The van der Waals surface area contributed by atoms with E-state index in [1.807, 2.05) is 61.5 Å². The van der Waals surface area contributed by atoms with Crippen molar-refractivity contribution in [1.29, 1.82) is 0 Å². The van der Waals surface area contributed by atoms with Gasteiger partial charge in [-0.3, -0.25) is 36.9 Å². The molecule has 42 heteroatoms. The Morgan fingerprint density at radius 2 is 0.798 bits per heavy atom. The van der Waals surface area contributed by atoms with Crippen LogP contribution < -0.4 is 115 Å². The van der Waals surface area contributed by atoms with Gasteiger partial charge in [0.2, 0.25) is 0 Å². The summed E-state index contributed by atoms with van der Waals surface area (Å²) in [5.74, 6) is -0.0119. The maximum absolute atomic E-state index is 12.7. The zero-order valence-electron chi connectivity index (χ0n) is 69.4. The van der Waals surface area contributed by atoms with Gasteiger partial charge in [-0.05, 0) is 206 Å². The third-order valence-electron chi connectivity index (χ3n) is 18.2. The number of halogens is 5. The molecular formula is C82H91BCl5KMnN8NaO20S5. The number of carbonyl (C=O) groups is 1. The number of hydrogen-bond acceptors (Lipinski definition) is 22. The molecule has 0 aromatic heterocycles. The van der Waals surface area contributed by atoms with Gasteiger partial charge in [0.15, 0.2) is 5.78 Å². The molecule has 6 aliphatic rings. The Balaban J connectivity index is 0.000000712. The van der Waals surface area contributed by atoms with E-state index in [0.717, 1.165) is 91.1 Å². The van der Waals surface area contributed by atoms with E-state index >= 15 is 0 Å². The first kappa shape index (κ1) is 113. The number of rotatable bonds is 13. The van der Waals surface area contributed by atoms with Gasteiger partial charge in [-0.1, -0.05) is 154 Å². The van der Waals surface area contributed by atoms with Crippen molar-refractivity contribution >= 4 is 161 Å². The molecule has 6 aliphatic heterocycles. The Labute approximate surface area is 823 Å². The monoisotopic (exact) mass is 1970 g/mol. The molecule has 6 heterocycles. The topological polar surface area (TPSA) is 413 Å². The Morgan fingerprint density at radius 1 is 0.476 bits per heavy atom. The number of nitro benzene ring substituents is 1. The first-order chi connectivity index (χ1) is 57.7. The molecule has 28 nitrogen and oxygen atoms in total. The van der Waals surface area contributed by atoms with Crippen molar-refractivity contribution in [3.8, 4) is 0 Å². The minimum absolute atomic E-state index is 0. The van der Waals surface area contributed by atoms with Gasteiger partial charge < -0.3 is 27.6 Å². The fourth-order valence-corrected chi connectivity index (χ4v) is 18.1. The zero-order valence-corrected chi connectivity index (χ0v) is 82.6. The first-order valence-electron chi connectivity index (χ1n) is 36.9. The largest absolute Gasteiger partial charge is 0.384 e. The molecule has 3 radical (unpaired) electrons. The number of para-hydroxylation sites is 2. The summed E-state index contributed by atoms with van der Waals surface area (Å²) in [6.45, 7) is 12.3. The van der Waals surface area contributed by atoms with E-state index in [4.69, 9.17) is 92.4 Å². The van der Waals surface area contributed by atoms with Crippen molar-refractivity contribution in [2.45, 2.75) is 105 Å². The maximum Gasteiger partial charge on any atom is 0.0373 e. The number of alkyl halides is 4. The summed E-state index contributed by atoms with van der Waals surface area (Å²) >= 11 is 17.6. The zero-order chi connectivity index (χ0) is 89.4. The molecule has 5 N–H and O–H groups in total. The van der Waals surface area contributed by atoms with Gasteiger partial charge in [-0.15, -0.1) is 51.3 Å². The van der Waals surface area contributed by atoms with Gasteiger partial charge in [-0.25, -0.2) is 33.7 Å². The molecule has 0 bridgehead atoms. The van der Waals surface area contributed by atoms with Crippen molar-refractivity contribution in [3.05, 3.63) is 307 Å². The third kappa shape index (κ3) is 36.1. The second-order valence-electron chi connectivity index (χ2n) is 25.7. The van der Waals surface area contributed by atoms with E-state index in [1.165, 1.54) is 89.3 Å². The quantitative estimate of drug-likeness (QED) is 0.00824. The predicted octanol–water partition coefficient (Wildman–Crippen LogP) is 10.3. The van der Waals surface area contributed by atoms with Crippen LogP contribution in [0.3, 0.4) is 0 Å². The Hall–Kier alpha value is -6.63. The molecule has 0 fully saturated rings. The maximum atomic E-state index is 12.7. The van der Waals surface area contributed by atoms with E-state index in [9.17, 15) is 48.6 Å². The Kier molecular flexibility index (Phi) is 53.1. The van der Waals surface area contributed by atoms with Gasteiger partial charge >= 0.3 is 114 Å². The van der Waals surface area contributed by atoms with Crippen molar-refractivity contribution < 1.29 is 176 Å². The van der Waals surface area contributed by atoms with Crippen LogP contribution in [0.4, 0.5) is 39.8 Å². The average Bonchev–Trinajstić information content (AvgIpc) is 1.67. The van der Waals surface area contributed by atoms with Crippen LogP contribution in [0.15, 0.2) is 262 Å². The van der Waals surface area contributed by atoms with Crippen LogP contribution in [-0.4, -0.2) is 120 Å². The molecule has 0 saturated heterocycles. The molecule has 0 spiro atoms. The van der Waals surface area contributed by atoms with Gasteiger partial charge in [0, 0.05) is 92.6 Å². The number of nitrogens with one attached hydrogen (secondary N) is 3. The third-order valence-corrected chi connectivity index (χ3v) is 25.1. The van der Waals surface area contributed by atoms with Crippen LogP contribution in [0, 0.1) is 15.0 Å². The molecule has 16 rings (SSSR count). The van der Waals surface area contributed by atoms with E-state index in [2.05, 4.69) is 83.3 Å². The van der Waals surface area contributed by atoms with Crippen LogP contribution in [0.1, 0.15) is 89.6 Å². The minimum Gasteiger partial charge on any atom is -0.384 e. The molecule has 124 heavy (non-hydrogen) atoms. The molecule has 10 aromatic carbocycles. The van der Waals surface area contributed by atoms with Crippen LogP contribution in [0.5, 0.6) is 0 Å². The van der Waals surface area contributed by atoms with Crippen LogP contribution >= 0.6 is 57.1 Å². The second-order valence-corrected chi connectivity index (χ2v) is 36.5. The van der Waals surface area contributed by atoms with E-state index in [1.54, 1.807) is 121 Å². The summed E-state index contributed by atoms with van der Waals surface area (Å²) in [4.78, 5) is 33.7. The fraction of sp³-hybridized carbons (Fsp3) is 0.256. The number of nitro groups is 1. The number of aryl methyl sites for hydroxylation is 3. The smallest absolute Gasteiger partial charge is 0.0373 e. The number of hydrogen-bond donors (Lipinski definition) is 5.